The van der Waals surface area contributed by atoms with Crippen LogP contribution in [-0.4, -0.2) is 36.9 Å². The molecule has 0 radical (unpaired) electrons. The van der Waals surface area contributed by atoms with Crippen LogP contribution in [0.5, 0.6) is 5.75 Å². The van der Waals surface area contributed by atoms with Crippen LogP contribution in [-0.2, 0) is 16.1 Å². The molecule has 1 saturated heterocycles. The van der Waals surface area contributed by atoms with Crippen molar-refractivity contribution in [1.29, 1.82) is 0 Å². The molecule has 1 aliphatic rings. The third-order valence-electron chi connectivity index (χ3n) is 5.10. The van der Waals surface area contributed by atoms with Gasteiger partial charge >= 0.3 is 0 Å². The van der Waals surface area contributed by atoms with Crippen molar-refractivity contribution in [1.82, 2.24) is 10.2 Å². The summed E-state index contributed by atoms with van der Waals surface area (Å²) in [6, 6.07) is 2.08. The number of likely N-dealkylation sites (tertiary alicyclic amines) is 1. The predicted molar refractivity (Wildman–Crippen MR) is 94.0 cm³/mol. The zero-order valence-corrected chi connectivity index (χ0v) is 15.4. The van der Waals surface area contributed by atoms with Crippen molar-refractivity contribution in [3.05, 3.63) is 28.3 Å². The standard InChI is InChI=1S/C19H28N2O3/c1-12-10-17(13(2)14(3)18(12)24-5)11-20-19(23)16-6-8-21(9-7-16)15(4)22/h10,16H,6-9,11H2,1-5H3,(H,20,23). The van der Waals surface area contributed by atoms with Gasteiger partial charge in [-0.2, -0.15) is 0 Å². The Morgan fingerprint density at radius 1 is 1.21 bits per heavy atom. The fourth-order valence-corrected chi connectivity index (χ4v) is 3.42. The number of nitrogens with one attached hydrogen (secondary N) is 1. The second-order valence-corrected chi connectivity index (χ2v) is 6.63. The van der Waals surface area contributed by atoms with E-state index < -0.39 is 0 Å². The summed E-state index contributed by atoms with van der Waals surface area (Å²) in [7, 11) is 1.68. The Morgan fingerprint density at radius 3 is 2.38 bits per heavy atom. The van der Waals surface area contributed by atoms with Gasteiger partial charge in [0.15, 0.2) is 0 Å². The number of aryl methyl sites for hydroxylation is 1. The van der Waals surface area contributed by atoms with Crippen LogP contribution >= 0.6 is 0 Å². The van der Waals surface area contributed by atoms with E-state index in [2.05, 4.69) is 18.3 Å². The van der Waals surface area contributed by atoms with Crippen molar-refractivity contribution in [2.24, 2.45) is 5.92 Å². The van der Waals surface area contributed by atoms with Gasteiger partial charge in [-0.15, -0.1) is 0 Å². The maximum absolute atomic E-state index is 12.4. The quantitative estimate of drug-likeness (QED) is 0.921. The molecule has 1 aliphatic heterocycles. The largest absolute Gasteiger partial charge is 0.496 e. The molecule has 0 unspecified atom stereocenters. The summed E-state index contributed by atoms with van der Waals surface area (Å²) in [5.41, 5.74) is 4.49. The minimum Gasteiger partial charge on any atom is -0.496 e. The summed E-state index contributed by atoms with van der Waals surface area (Å²) in [6.07, 6.45) is 1.48. The van der Waals surface area contributed by atoms with Crippen LogP contribution in [0, 0.1) is 26.7 Å². The van der Waals surface area contributed by atoms with Gasteiger partial charge in [0.2, 0.25) is 11.8 Å². The van der Waals surface area contributed by atoms with Gasteiger partial charge in [0.05, 0.1) is 7.11 Å². The molecule has 1 fully saturated rings. The summed E-state index contributed by atoms with van der Waals surface area (Å²) >= 11 is 0. The third kappa shape index (κ3) is 3.89. The van der Waals surface area contributed by atoms with E-state index in [1.807, 2.05) is 18.7 Å². The second kappa shape index (κ2) is 7.69. The molecule has 2 amide bonds. The van der Waals surface area contributed by atoms with Crippen LogP contribution in [0.3, 0.4) is 0 Å². The molecule has 1 N–H and O–H groups in total. The average molecular weight is 332 g/mol. The van der Waals surface area contributed by atoms with Gasteiger partial charge in [0.25, 0.3) is 0 Å². The summed E-state index contributed by atoms with van der Waals surface area (Å²) in [5.74, 6) is 1.10. The topological polar surface area (TPSA) is 58.6 Å². The van der Waals surface area contributed by atoms with E-state index in [-0.39, 0.29) is 17.7 Å². The molecule has 5 nitrogen and oxygen atoms in total. The van der Waals surface area contributed by atoms with E-state index in [1.54, 1.807) is 14.0 Å². The first-order valence-electron chi connectivity index (χ1n) is 8.52. The van der Waals surface area contributed by atoms with E-state index in [1.165, 1.54) is 0 Å². The van der Waals surface area contributed by atoms with E-state index in [4.69, 9.17) is 4.74 Å². The summed E-state index contributed by atoms with van der Waals surface area (Å²) in [4.78, 5) is 25.6. The number of hydrogen-bond donors (Lipinski definition) is 1. The van der Waals surface area contributed by atoms with Crippen molar-refractivity contribution < 1.29 is 14.3 Å². The highest BCUT2D eigenvalue weighted by Crippen LogP contribution is 2.28. The van der Waals surface area contributed by atoms with Crippen LogP contribution in [0.15, 0.2) is 6.07 Å². The molecule has 5 heteroatoms. The van der Waals surface area contributed by atoms with Gasteiger partial charge in [-0.3, -0.25) is 9.59 Å². The van der Waals surface area contributed by atoms with Gasteiger partial charge in [-0.1, -0.05) is 6.07 Å². The maximum atomic E-state index is 12.4. The van der Waals surface area contributed by atoms with Gasteiger partial charge in [-0.05, 0) is 55.9 Å². The summed E-state index contributed by atoms with van der Waals surface area (Å²) < 4.78 is 5.44. The number of ether oxygens (including phenoxy) is 1. The third-order valence-corrected chi connectivity index (χ3v) is 5.10. The number of rotatable bonds is 4. The highest BCUT2D eigenvalue weighted by Gasteiger charge is 2.25. The maximum Gasteiger partial charge on any atom is 0.223 e. The molecule has 1 aromatic rings. The fourth-order valence-electron chi connectivity index (χ4n) is 3.42. The van der Waals surface area contributed by atoms with E-state index in [9.17, 15) is 9.59 Å². The highest BCUT2D eigenvalue weighted by molar-refractivity contribution is 5.79. The van der Waals surface area contributed by atoms with E-state index >= 15 is 0 Å². The second-order valence-electron chi connectivity index (χ2n) is 6.63. The Morgan fingerprint density at radius 2 is 1.83 bits per heavy atom. The predicted octanol–water partition coefficient (Wildman–Crippen LogP) is 2.50. The van der Waals surface area contributed by atoms with Gasteiger partial charge in [0, 0.05) is 32.5 Å². The van der Waals surface area contributed by atoms with Crippen LogP contribution in [0.1, 0.15) is 42.0 Å². The first-order valence-corrected chi connectivity index (χ1v) is 8.52. The van der Waals surface area contributed by atoms with E-state index in [0.29, 0.717) is 19.6 Å². The first-order chi connectivity index (χ1) is 11.3. The molecule has 2 rings (SSSR count). The van der Waals surface area contributed by atoms with Crippen molar-refractivity contribution in [3.8, 4) is 5.75 Å². The van der Waals surface area contributed by atoms with Crippen molar-refractivity contribution in [2.75, 3.05) is 20.2 Å². The van der Waals surface area contributed by atoms with Crippen LogP contribution in [0.25, 0.3) is 0 Å². The molecule has 1 aromatic carbocycles. The van der Waals surface area contributed by atoms with Crippen molar-refractivity contribution in [2.45, 2.75) is 47.1 Å². The van der Waals surface area contributed by atoms with Crippen molar-refractivity contribution in [3.63, 3.8) is 0 Å². The number of nitrogens with zero attached hydrogens (tertiary/aromatic N) is 1. The summed E-state index contributed by atoms with van der Waals surface area (Å²) in [6.45, 7) is 9.59. The lowest BCUT2D eigenvalue weighted by Gasteiger charge is -2.30. The average Bonchev–Trinajstić information content (AvgIpc) is 2.57. The molecule has 0 atom stereocenters. The molecule has 132 valence electrons. The molecule has 0 saturated carbocycles. The normalized spacial score (nSPS) is 15.3. The van der Waals surface area contributed by atoms with Crippen LogP contribution in [0.2, 0.25) is 0 Å². The van der Waals surface area contributed by atoms with Gasteiger partial charge in [0.1, 0.15) is 5.75 Å². The SMILES string of the molecule is COc1c(C)cc(CNC(=O)C2CCN(C(C)=O)CC2)c(C)c1C. The number of hydrogen-bond acceptors (Lipinski definition) is 3. The number of methoxy groups -OCH3 is 1. The van der Waals surface area contributed by atoms with Crippen molar-refractivity contribution >= 4 is 11.8 Å². The zero-order chi connectivity index (χ0) is 17.9. The van der Waals surface area contributed by atoms with Crippen LogP contribution < -0.4 is 10.1 Å². The zero-order valence-electron chi connectivity index (χ0n) is 15.4. The molecule has 0 aromatic heterocycles. The summed E-state index contributed by atoms with van der Waals surface area (Å²) in [5, 5.41) is 3.06. The Bertz CT molecular complexity index is 632. The smallest absolute Gasteiger partial charge is 0.223 e. The lowest BCUT2D eigenvalue weighted by molar-refractivity contribution is -0.134. The molecule has 0 bridgehead atoms. The van der Waals surface area contributed by atoms with Gasteiger partial charge in [-0.25, -0.2) is 0 Å². The Balaban J connectivity index is 1.97. The minimum atomic E-state index is 0.00125. The van der Waals surface area contributed by atoms with Crippen LogP contribution in [0.4, 0.5) is 0 Å². The Kier molecular flexibility index (Phi) is 5.86. The number of benzene rings is 1. The lowest BCUT2D eigenvalue weighted by atomic mass is 9.95. The number of carbonyl (C=O) groups excluding carboxylic acids is 2. The van der Waals surface area contributed by atoms with Gasteiger partial charge < -0.3 is 15.0 Å². The molecular formula is C19H28N2O3. The Hall–Kier alpha value is -2.04. The minimum absolute atomic E-state index is 0.00125. The molecule has 0 aliphatic carbocycles. The lowest BCUT2D eigenvalue weighted by Crippen LogP contribution is -2.42. The fraction of sp³-hybridized carbons (Fsp3) is 0.579. The molecule has 1 heterocycles. The molecule has 24 heavy (non-hydrogen) atoms. The molecule has 0 spiro atoms. The first kappa shape index (κ1) is 18.3. The molecular weight excluding hydrogens is 304 g/mol. The monoisotopic (exact) mass is 332 g/mol. The number of piperidine rings is 1. The highest BCUT2D eigenvalue weighted by atomic mass is 16.5. The van der Waals surface area contributed by atoms with E-state index in [0.717, 1.165) is 40.8 Å². The number of carbonyl (C=O) groups is 2. The number of amides is 2. The Labute approximate surface area is 144 Å².